The van der Waals surface area contributed by atoms with Gasteiger partial charge in [-0.15, -0.1) is 0 Å². The molecule has 2 heteroatoms. The second-order valence-corrected chi connectivity index (χ2v) is 2.90. The fraction of sp³-hybridized carbons (Fsp3) is 0.200. The summed E-state index contributed by atoms with van der Waals surface area (Å²) in [5, 5.41) is 9.16. The third kappa shape index (κ3) is 1.16. The van der Waals surface area contributed by atoms with Crippen LogP contribution in [0, 0.1) is 0 Å². The van der Waals surface area contributed by atoms with E-state index in [2.05, 4.69) is 0 Å². The number of hydrogen-bond donors (Lipinski definition) is 1. The van der Waals surface area contributed by atoms with Gasteiger partial charge in [0.25, 0.3) is 0 Å². The molecule has 1 N–H and O–H groups in total. The van der Waals surface area contributed by atoms with E-state index in [0.717, 1.165) is 11.3 Å². The lowest BCUT2D eigenvalue weighted by Gasteiger charge is -2.17. The van der Waals surface area contributed by atoms with Crippen molar-refractivity contribution in [2.45, 2.75) is 13.0 Å². The summed E-state index contributed by atoms with van der Waals surface area (Å²) < 4.78 is 5.49. The van der Waals surface area contributed by atoms with E-state index in [9.17, 15) is 0 Å². The van der Waals surface area contributed by atoms with E-state index in [1.165, 1.54) is 0 Å². The highest BCUT2D eigenvalue weighted by molar-refractivity contribution is 5.61. The molecule has 1 aliphatic rings. The lowest BCUT2D eigenvalue weighted by atomic mass is 10.1. The van der Waals surface area contributed by atoms with Crippen LogP contribution in [0.15, 0.2) is 24.3 Å². The molecule has 0 saturated heterocycles. The van der Waals surface area contributed by atoms with Crippen LogP contribution in [0.2, 0.25) is 0 Å². The van der Waals surface area contributed by atoms with Gasteiger partial charge in [-0.2, -0.15) is 0 Å². The van der Waals surface area contributed by atoms with Gasteiger partial charge in [0.1, 0.15) is 17.6 Å². The van der Waals surface area contributed by atoms with Gasteiger partial charge in [-0.1, -0.05) is 6.08 Å². The van der Waals surface area contributed by atoms with E-state index < -0.39 is 0 Å². The van der Waals surface area contributed by atoms with Gasteiger partial charge in [0.2, 0.25) is 0 Å². The molecule has 0 amide bonds. The number of aromatic hydroxyl groups is 1. The Balaban J connectivity index is 2.47. The topological polar surface area (TPSA) is 29.5 Å². The van der Waals surface area contributed by atoms with Gasteiger partial charge < -0.3 is 9.84 Å². The Bertz CT molecular complexity index is 329. The number of phenols is 1. The van der Waals surface area contributed by atoms with Gasteiger partial charge in [0, 0.05) is 5.56 Å². The Morgan fingerprint density at radius 1 is 1.42 bits per heavy atom. The maximum atomic E-state index is 9.16. The standard InChI is InChI=1S/C10H10O2/c1-7-2-3-8-6-9(11)4-5-10(8)12-7/h2-7,11H,1H3/t7-/m0/s1. The average molecular weight is 162 g/mol. The van der Waals surface area contributed by atoms with Gasteiger partial charge in [-0.3, -0.25) is 0 Å². The average Bonchev–Trinajstić information content (AvgIpc) is 2.05. The van der Waals surface area contributed by atoms with E-state index in [-0.39, 0.29) is 11.9 Å². The lowest BCUT2D eigenvalue weighted by molar-refractivity contribution is 0.265. The number of fused-ring (bicyclic) bond motifs is 1. The maximum Gasteiger partial charge on any atom is 0.127 e. The van der Waals surface area contributed by atoms with Crippen LogP contribution >= 0.6 is 0 Å². The zero-order valence-corrected chi connectivity index (χ0v) is 6.82. The zero-order valence-electron chi connectivity index (χ0n) is 6.82. The number of benzene rings is 1. The zero-order chi connectivity index (χ0) is 8.55. The van der Waals surface area contributed by atoms with Gasteiger partial charge in [-0.05, 0) is 31.2 Å². The summed E-state index contributed by atoms with van der Waals surface area (Å²) in [6, 6.07) is 5.10. The molecule has 1 heterocycles. The fourth-order valence-electron chi connectivity index (χ4n) is 1.25. The summed E-state index contributed by atoms with van der Waals surface area (Å²) in [4.78, 5) is 0. The van der Waals surface area contributed by atoms with Crippen molar-refractivity contribution in [2.75, 3.05) is 0 Å². The predicted molar refractivity (Wildman–Crippen MR) is 47.2 cm³/mol. The second kappa shape index (κ2) is 2.55. The summed E-state index contributed by atoms with van der Waals surface area (Å²) in [5.41, 5.74) is 0.938. The molecule has 1 aromatic carbocycles. The van der Waals surface area contributed by atoms with Crippen molar-refractivity contribution in [1.82, 2.24) is 0 Å². The summed E-state index contributed by atoms with van der Waals surface area (Å²) >= 11 is 0. The molecule has 0 aromatic heterocycles. The number of phenolic OH excluding ortho intramolecular Hbond substituents is 1. The number of ether oxygens (including phenoxy) is 1. The molecule has 0 saturated carbocycles. The second-order valence-electron chi connectivity index (χ2n) is 2.90. The van der Waals surface area contributed by atoms with Crippen LogP contribution in [-0.2, 0) is 0 Å². The Morgan fingerprint density at radius 2 is 2.25 bits per heavy atom. The molecule has 1 aromatic rings. The minimum atomic E-state index is 0.127. The van der Waals surface area contributed by atoms with E-state index in [1.807, 2.05) is 19.1 Å². The summed E-state index contributed by atoms with van der Waals surface area (Å²) in [6.07, 6.45) is 4.05. The summed E-state index contributed by atoms with van der Waals surface area (Å²) in [6.45, 7) is 1.98. The molecule has 62 valence electrons. The molecule has 12 heavy (non-hydrogen) atoms. The molecule has 2 rings (SSSR count). The molecular weight excluding hydrogens is 152 g/mol. The molecule has 1 aliphatic heterocycles. The Hall–Kier alpha value is -1.44. The highest BCUT2D eigenvalue weighted by atomic mass is 16.5. The van der Waals surface area contributed by atoms with Crippen molar-refractivity contribution in [3.8, 4) is 11.5 Å². The van der Waals surface area contributed by atoms with Crippen molar-refractivity contribution < 1.29 is 9.84 Å². The van der Waals surface area contributed by atoms with Crippen molar-refractivity contribution in [3.63, 3.8) is 0 Å². The molecule has 0 fully saturated rings. The van der Waals surface area contributed by atoms with Gasteiger partial charge in [0.15, 0.2) is 0 Å². The Kier molecular flexibility index (Phi) is 1.54. The minimum Gasteiger partial charge on any atom is -0.508 e. The first-order valence-electron chi connectivity index (χ1n) is 3.93. The normalized spacial score (nSPS) is 19.9. The van der Waals surface area contributed by atoms with Crippen LogP contribution in [0.25, 0.3) is 6.08 Å². The Morgan fingerprint density at radius 3 is 3.08 bits per heavy atom. The van der Waals surface area contributed by atoms with Crippen LogP contribution in [0.4, 0.5) is 0 Å². The van der Waals surface area contributed by atoms with Crippen molar-refractivity contribution >= 4 is 6.08 Å². The fourth-order valence-corrected chi connectivity index (χ4v) is 1.25. The summed E-state index contributed by atoms with van der Waals surface area (Å²) in [7, 11) is 0. The minimum absolute atomic E-state index is 0.127. The number of hydrogen-bond acceptors (Lipinski definition) is 2. The monoisotopic (exact) mass is 162 g/mol. The van der Waals surface area contributed by atoms with Crippen LogP contribution in [0.1, 0.15) is 12.5 Å². The van der Waals surface area contributed by atoms with E-state index in [1.54, 1.807) is 18.2 Å². The van der Waals surface area contributed by atoms with Gasteiger partial charge in [-0.25, -0.2) is 0 Å². The van der Waals surface area contributed by atoms with E-state index in [0.29, 0.717) is 0 Å². The van der Waals surface area contributed by atoms with Gasteiger partial charge >= 0.3 is 0 Å². The van der Waals surface area contributed by atoms with E-state index in [4.69, 9.17) is 9.84 Å². The van der Waals surface area contributed by atoms with Crippen LogP contribution in [0.5, 0.6) is 11.5 Å². The maximum absolute atomic E-state index is 9.16. The lowest BCUT2D eigenvalue weighted by Crippen LogP contribution is -2.11. The molecular formula is C10H10O2. The van der Waals surface area contributed by atoms with E-state index >= 15 is 0 Å². The summed E-state index contributed by atoms with van der Waals surface area (Å²) in [5.74, 6) is 1.11. The third-order valence-corrected chi connectivity index (χ3v) is 1.85. The largest absolute Gasteiger partial charge is 0.508 e. The van der Waals surface area contributed by atoms with Crippen molar-refractivity contribution in [2.24, 2.45) is 0 Å². The molecule has 0 aliphatic carbocycles. The highest BCUT2D eigenvalue weighted by Crippen LogP contribution is 2.28. The smallest absolute Gasteiger partial charge is 0.127 e. The first-order chi connectivity index (χ1) is 5.75. The van der Waals surface area contributed by atoms with Crippen LogP contribution in [0.3, 0.4) is 0 Å². The first kappa shape index (κ1) is 7.22. The number of rotatable bonds is 0. The molecule has 0 unspecified atom stereocenters. The van der Waals surface area contributed by atoms with Crippen LogP contribution in [-0.4, -0.2) is 11.2 Å². The molecule has 1 atom stereocenters. The Labute approximate surface area is 71.1 Å². The molecule has 2 nitrogen and oxygen atoms in total. The van der Waals surface area contributed by atoms with Crippen LogP contribution < -0.4 is 4.74 Å². The third-order valence-electron chi connectivity index (χ3n) is 1.85. The molecule has 0 spiro atoms. The van der Waals surface area contributed by atoms with Crippen molar-refractivity contribution in [3.05, 3.63) is 29.8 Å². The molecule has 0 bridgehead atoms. The quantitative estimate of drug-likeness (QED) is 0.633. The molecule has 0 radical (unpaired) electrons. The van der Waals surface area contributed by atoms with Crippen molar-refractivity contribution in [1.29, 1.82) is 0 Å². The first-order valence-corrected chi connectivity index (χ1v) is 3.93. The SMILES string of the molecule is C[C@H]1C=Cc2cc(O)ccc2O1. The highest BCUT2D eigenvalue weighted by Gasteiger charge is 2.09. The predicted octanol–water partition coefficient (Wildman–Crippen LogP) is 2.19. The van der Waals surface area contributed by atoms with Gasteiger partial charge in [0.05, 0.1) is 0 Å².